The normalized spacial score (nSPS) is 21.6. The molecule has 1 amide bonds. The minimum absolute atomic E-state index is 0.0365. The number of nitrogens with zero attached hydrogens (tertiary/aromatic N) is 1. The molecule has 0 bridgehead atoms. The third-order valence-electron chi connectivity index (χ3n) is 6.75. The van der Waals surface area contributed by atoms with Gasteiger partial charge in [0.15, 0.2) is 0 Å². The van der Waals surface area contributed by atoms with Gasteiger partial charge in [-0.1, -0.05) is 103 Å². The number of benzene rings is 4. The molecule has 0 unspecified atom stereocenters. The Morgan fingerprint density at radius 1 is 0.800 bits per heavy atom. The van der Waals surface area contributed by atoms with Gasteiger partial charge < -0.3 is 4.74 Å². The molecule has 4 aromatic rings. The molecule has 2 aliphatic heterocycles. The van der Waals surface area contributed by atoms with E-state index in [9.17, 15) is 4.79 Å². The zero-order chi connectivity index (χ0) is 23.8. The second-order valence-electron chi connectivity index (χ2n) is 8.88. The molecule has 0 radical (unpaired) electrons. The molecule has 2 heterocycles. The molecule has 35 heavy (non-hydrogen) atoms. The summed E-state index contributed by atoms with van der Waals surface area (Å²) in [5, 5.41) is 0.0985. The second-order valence-corrected chi connectivity index (χ2v) is 10.1. The average molecular weight is 476 g/mol. The Labute approximate surface area is 210 Å². The molecular weight excluding hydrogens is 450 g/mol. The molecule has 0 saturated carbocycles. The van der Waals surface area contributed by atoms with E-state index in [-0.39, 0.29) is 11.2 Å². The van der Waals surface area contributed by atoms with Crippen molar-refractivity contribution in [1.82, 2.24) is 0 Å². The van der Waals surface area contributed by atoms with E-state index in [1.165, 1.54) is 5.56 Å². The van der Waals surface area contributed by atoms with Gasteiger partial charge in [0.25, 0.3) is 5.91 Å². The molecule has 3 nitrogen and oxygen atoms in total. The molecule has 4 heteroatoms. The highest BCUT2D eigenvalue weighted by Crippen LogP contribution is 2.56. The van der Waals surface area contributed by atoms with Crippen LogP contribution in [0.15, 0.2) is 126 Å². The molecular formula is C31H25NO2S. The zero-order valence-corrected chi connectivity index (χ0v) is 20.2. The summed E-state index contributed by atoms with van der Waals surface area (Å²) >= 11 is 1.80. The van der Waals surface area contributed by atoms with E-state index >= 15 is 0 Å². The number of allylic oxidation sites excluding steroid dienone is 1. The number of amides is 1. The van der Waals surface area contributed by atoms with Crippen molar-refractivity contribution in [3.8, 4) is 0 Å². The summed E-state index contributed by atoms with van der Waals surface area (Å²) in [6.45, 7) is 1.92. The van der Waals surface area contributed by atoms with Crippen molar-refractivity contribution in [1.29, 1.82) is 0 Å². The lowest BCUT2D eigenvalue weighted by Gasteiger charge is -2.47. The van der Waals surface area contributed by atoms with E-state index in [2.05, 4.69) is 42.5 Å². The maximum atomic E-state index is 14.5. The summed E-state index contributed by atoms with van der Waals surface area (Å²) in [7, 11) is 0. The van der Waals surface area contributed by atoms with Crippen LogP contribution in [0.2, 0.25) is 0 Å². The van der Waals surface area contributed by atoms with E-state index in [0.717, 1.165) is 21.7 Å². The number of carbonyl (C=O) groups excluding carboxylic acids is 1. The Hall–Kier alpha value is -3.76. The highest BCUT2D eigenvalue weighted by molar-refractivity contribution is 7.99. The number of anilines is 1. The van der Waals surface area contributed by atoms with Crippen molar-refractivity contribution in [2.24, 2.45) is 0 Å². The molecule has 0 spiro atoms. The van der Waals surface area contributed by atoms with Crippen LogP contribution < -0.4 is 4.90 Å². The van der Waals surface area contributed by atoms with Crippen LogP contribution in [0, 0.1) is 0 Å². The van der Waals surface area contributed by atoms with Crippen molar-refractivity contribution in [2.45, 2.75) is 29.2 Å². The molecule has 0 aromatic heterocycles. The number of hydrogen-bond acceptors (Lipinski definition) is 3. The Kier molecular flexibility index (Phi) is 5.46. The molecule has 6 rings (SSSR count). The summed E-state index contributed by atoms with van der Waals surface area (Å²) in [5.41, 5.74) is 3.57. The molecule has 2 atom stereocenters. The predicted octanol–water partition coefficient (Wildman–Crippen LogP) is 7.57. The average Bonchev–Trinajstić information content (AvgIpc) is 3.05. The van der Waals surface area contributed by atoms with Gasteiger partial charge in [-0.3, -0.25) is 9.69 Å². The maximum Gasteiger partial charge on any atom is 0.265 e. The first-order chi connectivity index (χ1) is 17.2. The molecule has 4 aromatic carbocycles. The minimum Gasteiger partial charge on any atom is -0.467 e. The van der Waals surface area contributed by atoms with Gasteiger partial charge in [-0.15, -0.1) is 11.8 Å². The first-order valence-corrected chi connectivity index (χ1v) is 12.7. The third-order valence-corrected chi connectivity index (χ3v) is 8.07. The van der Waals surface area contributed by atoms with Gasteiger partial charge in [-0.2, -0.15) is 0 Å². The Bertz CT molecular complexity index is 1400. The first kappa shape index (κ1) is 21.8. The summed E-state index contributed by atoms with van der Waals surface area (Å²) in [6.07, 6.45) is 0.617. The monoisotopic (exact) mass is 475 g/mol. The lowest BCUT2D eigenvalue weighted by atomic mass is 9.89. The number of ether oxygens (including phenoxy) is 1. The maximum absolute atomic E-state index is 14.5. The van der Waals surface area contributed by atoms with Gasteiger partial charge in [0.2, 0.25) is 5.72 Å². The van der Waals surface area contributed by atoms with Crippen LogP contribution in [0.3, 0.4) is 0 Å². The number of hydrogen-bond donors (Lipinski definition) is 0. The summed E-state index contributed by atoms with van der Waals surface area (Å²) in [5.74, 6) is 0.614. The molecule has 2 aliphatic rings. The van der Waals surface area contributed by atoms with Gasteiger partial charge in [0.1, 0.15) is 5.76 Å². The topological polar surface area (TPSA) is 29.5 Å². The van der Waals surface area contributed by atoms with Gasteiger partial charge in [0.05, 0.1) is 11.3 Å². The van der Waals surface area contributed by atoms with Crippen molar-refractivity contribution in [3.05, 3.63) is 138 Å². The first-order valence-electron chi connectivity index (χ1n) is 11.8. The van der Waals surface area contributed by atoms with Crippen molar-refractivity contribution in [2.75, 3.05) is 4.90 Å². The van der Waals surface area contributed by atoms with Crippen LogP contribution in [0.4, 0.5) is 5.69 Å². The van der Waals surface area contributed by atoms with E-state index < -0.39 is 5.72 Å². The van der Waals surface area contributed by atoms with Crippen molar-refractivity contribution >= 4 is 28.9 Å². The molecule has 172 valence electrons. The van der Waals surface area contributed by atoms with Crippen LogP contribution in [0.5, 0.6) is 0 Å². The Morgan fingerprint density at radius 3 is 2.11 bits per heavy atom. The van der Waals surface area contributed by atoms with E-state index in [4.69, 9.17) is 4.74 Å². The standard InChI is InChI=1S/C31H25NO2S/c1-22-29(24-15-7-3-8-16-24)30(33)32-26-19-11-12-20-27(26)35-28(23-13-5-2-6-14-23)21-31(32,34-22)25-17-9-4-10-18-25/h2-20,28H,21H2,1H3/t28-,31-/m1/s1. The van der Waals surface area contributed by atoms with Crippen LogP contribution in [0.25, 0.3) is 5.57 Å². The van der Waals surface area contributed by atoms with E-state index in [0.29, 0.717) is 17.8 Å². The van der Waals surface area contributed by atoms with Gasteiger partial charge >= 0.3 is 0 Å². The Morgan fingerprint density at radius 2 is 1.40 bits per heavy atom. The summed E-state index contributed by atoms with van der Waals surface area (Å²) < 4.78 is 6.96. The fraction of sp³-hybridized carbons (Fsp3) is 0.129. The van der Waals surface area contributed by atoms with Gasteiger partial charge in [-0.25, -0.2) is 0 Å². The quantitative estimate of drug-likeness (QED) is 0.306. The second kappa shape index (κ2) is 8.79. The lowest BCUT2D eigenvalue weighted by Crippen LogP contribution is -2.55. The van der Waals surface area contributed by atoms with Gasteiger partial charge in [-0.05, 0) is 30.2 Å². The highest BCUT2D eigenvalue weighted by atomic mass is 32.2. The minimum atomic E-state index is -0.971. The SMILES string of the molecule is CC1=C(c2ccccc2)C(=O)N2c3ccccc3S[C@@H](c3ccccc3)C[C@]2(c2ccccc2)O1. The number of rotatable bonds is 3. The lowest BCUT2D eigenvalue weighted by molar-refractivity contribution is -0.123. The fourth-order valence-electron chi connectivity index (χ4n) is 5.19. The molecule has 0 saturated heterocycles. The number of fused-ring (bicyclic) bond motifs is 3. The molecule has 0 N–H and O–H groups in total. The summed E-state index contributed by atoms with van der Waals surface area (Å²) in [4.78, 5) is 17.5. The molecule has 0 aliphatic carbocycles. The third kappa shape index (κ3) is 3.65. The van der Waals surface area contributed by atoms with E-state index in [1.54, 1.807) is 11.8 Å². The number of carbonyl (C=O) groups is 1. The largest absolute Gasteiger partial charge is 0.467 e. The molecule has 0 fully saturated rings. The van der Waals surface area contributed by atoms with Crippen LogP contribution in [0.1, 0.15) is 35.3 Å². The van der Waals surface area contributed by atoms with Crippen molar-refractivity contribution in [3.63, 3.8) is 0 Å². The Balaban J connectivity index is 1.63. The van der Waals surface area contributed by atoms with Crippen LogP contribution >= 0.6 is 11.8 Å². The fourth-order valence-corrected chi connectivity index (χ4v) is 6.54. The highest BCUT2D eigenvalue weighted by Gasteiger charge is 2.53. The van der Waals surface area contributed by atoms with Gasteiger partial charge in [0, 0.05) is 22.1 Å². The zero-order valence-electron chi connectivity index (χ0n) is 19.4. The smallest absolute Gasteiger partial charge is 0.265 e. The van der Waals surface area contributed by atoms with Crippen LogP contribution in [-0.4, -0.2) is 5.91 Å². The predicted molar refractivity (Wildman–Crippen MR) is 142 cm³/mol. The summed E-state index contributed by atoms with van der Waals surface area (Å²) in [6, 6.07) is 38.7. The number of para-hydroxylation sites is 1. The number of thioether (sulfide) groups is 1. The van der Waals surface area contributed by atoms with Crippen molar-refractivity contribution < 1.29 is 9.53 Å². The van der Waals surface area contributed by atoms with Crippen LogP contribution in [-0.2, 0) is 15.3 Å². The van der Waals surface area contributed by atoms with E-state index in [1.807, 2.05) is 84.6 Å².